The summed E-state index contributed by atoms with van der Waals surface area (Å²) in [6.07, 6.45) is 12.5. The molecule has 1 amide bonds. The SMILES string of the molecule is O=C(Nc1cncc(-c2cnc3c(c2)C(c2cc4c(-c5cccc(F)c5)cccc4[nH]2)=CNN3)c1)C1CCCCC1. The van der Waals surface area contributed by atoms with Gasteiger partial charge >= 0.3 is 0 Å². The van der Waals surface area contributed by atoms with Crippen molar-refractivity contribution in [3.05, 3.63) is 103 Å². The fourth-order valence-electron chi connectivity index (χ4n) is 5.89. The van der Waals surface area contributed by atoms with Crippen molar-refractivity contribution in [3.8, 4) is 22.3 Å². The van der Waals surface area contributed by atoms with Gasteiger partial charge in [-0.15, -0.1) is 0 Å². The van der Waals surface area contributed by atoms with Crippen LogP contribution in [-0.4, -0.2) is 20.9 Å². The molecule has 204 valence electrons. The molecule has 0 bridgehead atoms. The summed E-state index contributed by atoms with van der Waals surface area (Å²) < 4.78 is 14.0. The zero-order valence-corrected chi connectivity index (χ0v) is 22.4. The topological polar surface area (TPSA) is 94.7 Å². The van der Waals surface area contributed by atoms with Crippen LogP contribution < -0.4 is 16.2 Å². The lowest BCUT2D eigenvalue weighted by atomic mass is 9.88. The molecule has 0 atom stereocenters. The zero-order chi connectivity index (χ0) is 27.8. The van der Waals surface area contributed by atoms with E-state index in [9.17, 15) is 9.18 Å². The van der Waals surface area contributed by atoms with Crippen LogP contribution >= 0.6 is 0 Å². The van der Waals surface area contributed by atoms with Crippen LogP contribution in [0.3, 0.4) is 0 Å². The van der Waals surface area contributed by atoms with Crippen molar-refractivity contribution in [2.75, 3.05) is 10.7 Å². The molecule has 1 saturated carbocycles. The van der Waals surface area contributed by atoms with Gasteiger partial charge in [0.05, 0.1) is 11.9 Å². The molecule has 8 heteroatoms. The van der Waals surface area contributed by atoms with Gasteiger partial charge < -0.3 is 15.7 Å². The number of nitrogens with zero attached hydrogens (tertiary/aromatic N) is 2. The van der Waals surface area contributed by atoms with Crippen molar-refractivity contribution >= 4 is 33.9 Å². The minimum atomic E-state index is -0.264. The molecule has 5 aromatic rings. The third-order valence-electron chi connectivity index (χ3n) is 7.99. The summed E-state index contributed by atoms with van der Waals surface area (Å²) in [6.45, 7) is 0. The number of fused-ring (bicyclic) bond motifs is 2. The highest BCUT2D eigenvalue weighted by Gasteiger charge is 2.22. The van der Waals surface area contributed by atoms with Crippen molar-refractivity contribution in [1.29, 1.82) is 0 Å². The Hall–Kier alpha value is -4.98. The summed E-state index contributed by atoms with van der Waals surface area (Å²) in [4.78, 5) is 25.4. The van der Waals surface area contributed by atoms with Gasteiger partial charge in [-0.2, -0.15) is 0 Å². The van der Waals surface area contributed by atoms with E-state index < -0.39 is 0 Å². The second-order valence-corrected chi connectivity index (χ2v) is 10.7. The van der Waals surface area contributed by atoms with Gasteiger partial charge in [0.25, 0.3) is 0 Å². The Morgan fingerprint density at radius 2 is 1.73 bits per heavy atom. The number of hydrogen-bond donors (Lipinski definition) is 4. The molecular weight excluding hydrogens is 515 g/mol. The molecule has 41 heavy (non-hydrogen) atoms. The van der Waals surface area contributed by atoms with Crippen LogP contribution in [0.1, 0.15) is 43.4 Å². The van der Waals surface area contributed by atoms with Gasteiger partial charge in [0.2, 0.25) is 5.91 Å². The van der Waals surface area contributed by atoms with Gasteiger partial charge in [-0.3, -0.25) is 15.2 Å². The van der Waals surface area contributed by atoms with E-state index in [1.165, 1.54) is 12.5 Å². The molecule has 7 nitrogen and oxygen atoms in total. The third kappa shape index (κ3) is 4.93. The highest BCUT2D eigenvalue weighted by molar-refractivity contribution is 5.99. The molecule has 2 aliphatic rings. The first kappa shape index (κ1) is 25.0. The molecule has 0 spiro atoms. The van der Waals surface area contributed by atoms with Gasteiger partial charge in [-0.05, 0) is 60.4 Å². The average molecular weight is 545 g/mol. The first-order valence-corrected chi connectivity index (χ1v) is 14.0. The molecule has 1 fully saturated rings. The van der Waals surface area contributed by atoms with Gasteiger partial charge in [0, 0.05) is 63.4 Å². The molecule has 0 unspecified atom stereocenters. The third-order valence-corrected chi connectivity index (χ3v) is 7.99. The minimum absolute atomic E-state index is 0.0711. The maximum atomic E-state index is 14.0. The number of benzene rings is 2. The molecule has 1 aliphatic heterocycles. The molecule has 4 N–H and O–H groups in total. The van der Waals surface area contributed by atoms with Crippen LogP contribution in [0.5, 0.6) is 0 Å². The molecule has 2 aromatic carbocycles. The maximum absolute atomic E-state index is 14.0. The van der Waals surface area contributed by atoms with E-state index in [4.69, 9.17) is 0 Å². The lowest BCUT2D eigenvalue weighted by Crippen LogP contribution is -2.24. The summed E-state index contributed by atoms with van der Waals surface area (Å²) in [5.41, 5.74) is 14.2. The summed E-state index contributed by atoms with van der Waals surface area (Å²) in [6, 6.07) is 18.8. The molecule has 7 rings (SSSR count). The highest BCUT2D eigenvalue weighted by atomic mass is 19.1. The number of rotatable bonds is 5. The average Bonchev–Trinajstić information content (AvgIpc) is 3.45. The van der Waals surface area contributed by atoms with Crippen LogP contribution in [0, 0.1) is 11.7 Å². The molecule has 0 saturated heterocycles. The second-order valence-electron chi connectivity index (χ2n) is 10.7. The van der Waals surface area contributed by atoms with Crippen molar-refractivity contribution in [2.24, 2.45) is 5.92 Å². The predicted molar refractivity (Wildman–Crippen MR) is 160 cm³/mol. The molecule has 1 aliphatic carbocycles. The highest BCUT2D eigenvalue weighted by Crippen LogP contribution is 2.37. The summed E-state index contributed by atoms with van der Waals surface area (Å²) in [7, 11) is 0. The molecule has 0 radical (unpaired) electrons. The Labute approximate surface area is 236 Å². The maximum Gasteiger partial charge on any atom is 0.227 e. The van der Waals surface area contributed by atoms with E-state index >= 15 is 0 Å². The fourth-order valence-corrected chi connectivity index (χ4v) is 5.89. The Balaban J connectivity index is 1.21. The number of amides is 1. The number of hydrogen-bond acceptors (Lipinski definition) is 5. The van der Waals surface area contributed by atoms with Crippen LogP contribution in [0.2, 0.25) is 0 Å². The number of aromatic amines is 1. The van der Waals surface area contributed by atoms with Gasteiger partial charge in [-0.1, -0.05) is 43.5 Å². The van der Waals surface area contributed by atoms with Crippen molar-refractivity contribution in [1.82, 2.24) is 20.4 Å². The van der Waals surface area contributed by atoms with Crippen molar-refractivity contribution in [2.45, 2.75) is 32.1 Å². The number of hydrazine groups is 1. The second kappa shape index (κ2) is 10.5. The number of aromatic nitrogens is 3. The lowest BCUT2D eigenvalue weighted by molar-refractivity contribution is -0.120. The quantitative estimate of drug-likeness (QED) is 0.187. The number of carbonyl (C=O) groups is 1. The Kier molecular flexibility index (Phi) is 6.43. The number of carbonyl (C=O) groups excluding carboxylic acids is 1. The Morgan fingerprint density at radius 3 is 2.61 bits per heavy atom. The number of pyridine rings is 2. The molecule has 4 heterocycles. The van der Waals surface area contributed by atoms with E-state index in [2.05, 4.69) is 43.3 Å². The predicted octanol–water partition coefficient (Wildman–Crippen LogP) is 7.27. The Bertz CT molecular complexity index is 1800. The fraction of sp³-hybridized carbons (Fsp3) is 0.182. The summed E-state index contributed by atoms with van der Waals surface area (Å²) >= 11 is 0. The van der Waals surface area contributed by atoms with E-state index in [0.717, 1.165) is 75.7 Å². The zero-order valence-electron chi connectivity index (χ0n) is 22.4. The van der Waals surface area contributed by atoms with Crippen molar-refractivity contribution < 1.29 is 9.18 Å². The number of nitrogens with one attached hydrogen (secondary N) is 4. The van der Waals surface area contributed by atoms with E-state index in [0.29, 0.717) is 11.5 Å². The largest absolute Gasteiger partial charge is 0.354 e. The van der Waals surface area contributed by atoms with Crippen molar-refractivity contribution in [3.63, 3.8) is 0 Å². The number of anilines is 2. The van der Waals surface area contributed by atoms with Gasteiger partial charge in [0.15, 0.2) is 5.82 Å². The monoisotopic (exact) mass is 544 g/mol. The van der Waals surface area contributed by atoms with Crippen LogP contribution in [0.4, 0.5) is 15.9 Å². The van der Waals surface area contributed by atoms with Crippen LogP contribution in [-0.2, 0) is 4.79 Å². The standard InChI is InChI=1S/C33H29FN6O/c34-24-9-4-8-21(12-24)26-10-5-11-30-27(26)15-31(39-30)29-19-37-40-32-28(29)14-23(17-36-32)22-13-25(18-35-16-22)38-33(41)20-6-2-1-3-7-20/h4-5,8-20,37,39H,1-3,6-7H2,(H,36,40)(H,38,41). The normalized spacial score (nSPS) is 15.0. The Morgan fingerprint density at radius 1 is 0.878 bits per heavy atom. The summed E-state index contributed by atoms with van der Waals surface area (Å²) in [5, 5.41) is 4.08. The number of H-pyrrole nitrogens is 1. The van der Waals surface area contributed by atoms with Gasteiger partial charge in [0.1, 0.15) is 5.82 Å². The first-order valence-electron chi connectivity index (χ1n) is 14.0. The summed E-state index contributed by atoms with van der Waals surface area (Å²) in [5.74, 6) is 0.580. The minimum Gasteiger partial charge on any atom is -0.354 e. The number of halogens is 1. The van der Waals surface area contributed by atoms with E-state index in [-0.39, 0.29) is 17.6 Å². The molecular formula is C33H29FN6O. The van der Waals surface area contributed by atoms with Crippen LogP contribution in [0.15, 0.2) is 85.5 Å². The van der Waals surface area contributed by atoms with E-state index in [1.54, 1.807) is 30.7 Å². The van der Waals surface area contributed by atoms with Gasteiger partial charge in [-0.25, -0.2) is 9.37 Å². The van der Waals surface area contributed by atoms with E-state index in [1.807, 2.05) is 36.5 Å². The smallest absolute Gasteiger partial charge is 0.227 e. The lowest BCUT2D eigenvalue weighted by Gasteiger charge is -2.21. The first-order chi connectivity index (χ1) is 20.1. The van der Waals surface area contributed by atoms with Crippen LogP contribution in [0.25, 0.3) is 38.7 Å². The molecule has 3 aromatic heterocycles.